The molecular formula is C9H13ClN4O3. The fraction of sp³-hybridized carbons (Fsp3) is 0.333. The van der Waals surface area contributed by atoms with Crippen LogP contribution in [0.25, 0.3) is 0 Å². The first-order chi connectivity index (χ1) is 7.88. The van der Waals surface area contributed by atoms with Crippen LogP contribution in [0.3, 0.4) is 0 Å². The predicted molar refractivity (Wildman–Crippen MR) is 65.9 cm³/mol. The number of nitrogens with one attached hydrogen (secondary N) is 1. The number of aliphatic hydroxyl groups excluding tert-OH is 1. The maximum absolute atomic E-state index is 10.8. The molecule has 0 heterocycles. The molecule has 0 spiro atoms. The van der Waals surface area contributed by atoms with Gasteiger partial charge < -0.3 is 21.9 Å². The molecule has 1 aromatic carbocycles. The second-order valence-electron chi connectivity index (χ2n) is 3.49. The zero-order valence-electron chi connectivity index (χ0n) is 9.11. The molecule has 6 N–H and O–H groups in total. The van der Waals surface area contributed by atoms with Crippen LogP contribution >= 0.6 is 11.6 Å². The summed E-state index contributed by atoms with van der Waals surface area (Å²) in [7, 11) is 0. The summed E-state index contributed by atoms with van der Waals surface area (Å²) in [5, 5.41) is 22.6. The average molecular weight is 261 g/mol. The molecule has 0 aliphatic heterocycles. The highest BCUT2D eigenvalue weighted by atomic mass is 35.5. The quantitative estimate of drug-likeness (QED) is 0.275. The van der Waals surface area contributed by atoms with E-state index in [1.54, 1.807) is 0 Å². The van der Waals surface area contributed by atoms with Crippen LogP contribution in [0, 0.1) is 17.0 Å². The summed E-state index contributed by atoms with van der Waals surface area (Å²) < 4.78 is 0. The van der Waals surface area contributed by atoms with E-state index in [1.807, 2.05) is 0 Å². The summed E-state index contributed by atoms with van der Waals surface area (Å²) in [6.07, 6.45) is -0.755. The number of nitro benzene ring substituents is 1. The van der Waals surface area contributed by atoms with E-state index < -0.39 is 11.1 Å². The summed E-state index contributed by atoms with van der Waals surface area (Å²) in [5.41, 5.74) is 11.4. The fourth-order valence-electron chi connectivity index (χ4n) is 1.44. The van der Waals surface area contributed by atoms with Crippen molar-refractivity contribution >= 4 is 28.7 Å². The van der Waals surface area contributed by atoms with Crippen LogP contribution in [-0.2, 0) is 0 Å². The maximum atomic E-state index is 10.8. The molecule has 1 atom stereocenters. The minimum absolute atomic E-state index is 0.0133. The molecule has 8 heteroatoms. The number of hydrogen-bond donors (Lipinski definition) is 4. The number of nitrogens with two attached hydrogens (primary N) is 2. The lowest BCUT2D eigenvalue weighted by atomic mass is 10.1. The van der Waals surface area contributed by atoms with Crippen LogP contribution in [0.15, 0.2) is 6.07 Å². The van der Waals surface area contributed by atoms with Gasteiger partial charge in [-0.15, -0.1) is 0 Å². The van der Waals surface area contributed by atoms with Gasteiger partial charge in [-0.05, 0) is 13.0 Å². The molecule has 0 fully saturated rings. The number of nitrogen functional groups attached to an aromatic ring is 1. The van der Waals surface area contributed by atoms with E-state index in [0.29, 0.717) is 5.69 Å². The van der Waals surface area contributed by atoms with E-state index in [0.717, 1.165) is 0 Å². The summed E-state index contributed by atoms with van der Waals surface area (Å²) in [6, 6.07) is 1.28. The van der Waals surface area contributed by atoms with Crippen molar-refractivity contribution < 1.29 is 10.0 Å². The number of aliphatic hydroxyl groups is 1. The van der Waals surface area contributed by atoms with Gasteiger partial charge in [0.1, 0.15) is 5.69 Å². The Balaban J connectivity index is 3.30. The normalized spacial score (nSPS) is 12.2. The second-order valence-corrected chi connectivity index (χ2v) is 3.89. The molecule has 0 aliphatic rings. The number of hydrogen-bond acceptors (Lipinski definition) is 6. The number of anilines is 2. The Bertz CT molecular complexity index is 452. The third-order valence-corrected chi connectivity index (χ3v) is 2.53. The topological polar surface area (TPSA) is 127 Å². The van der Waals surface area contributed by atoms with Gasteiger partial charge >= 0.3 is 0 Å². The van der Waals surface area contributed by atoms with Gasteiger partial charge in [-0.2, -0.15) is 0 Å². The molecule has 17 heavy (non-hydrogen) atoms. The van der Waals surface area contributed by atoms with Crippen LogP contribution in [0.1, 0.15) is 5.56 Å². The van der Waals surface area contributed by atoms with Crippen LogP contribution in [-0.4, -0.2) is 22.8 Å². The van der Waals surface area contributed by atoms with Gasteiger partial charge in [-0.25, -0.2) is 0 Å². The Hall–Kier alpha value is -1.57. The molecule has 1 aromatic rings. The molecule has 94 valence electrons. The lowest BCUT2D eigenvalue weighted by Crippen LogP contribution is -2.33. The van der Waals surface area contributed by atoms with E-state index >= 15 is 0 Å². The molecule has 0 saturated heterocycles. The summed E-state index contributed by atoms with van der Waals surface area (Å²) in [5.74, 6) is 0. The lowest BCUT2D eigenvalue weighted by molar-refractivity contribution is -0.384. The smallest absolute Gasteiger partial charge is 0.297 e. The second kappa shape index (κ2) is 5.17. The Morgan fingerprint density at radius 2 is 2.29 bits per heavy atom. The van der Waals surface area contributed by atoms with Gasteiger partial charge in [0.2, 0.25) is 0 Å². The molecule has 0 aliphatic carbocycles. The fourth-order valence-corrected chi connectivity index (χ4v) is 1.76. The van der Waals surface area contributed by atoms with Gasteiger partial charge in [-0.3, -0.25) is 10.1 Å². The number of halogens is 1. The van der Waals surface area contributed by atoms with Crippen molar-refractivity contribution in [2.45, 2.75) is 13.1 Å². The SMILES string of the molecule is Cc1c(NC(N)CO)c(Cl)cc(N)c1[N+](=O)[O-]. The largest absolute Gasteiger partial charge is 0.393 e. The zero-order valence-corrected chi connectivity index (χ0v) is 9.86. The van der Waals surface area contributed by atoms with Crippen molar-refractivity contribution in [3.8, 4) is 0 Å². The molecule has 7 nitrogen and oxygen atoms in total. The first kappa shape index (κ1) is 13.5. The Morgan fingerprint density at radius 3 is 2.76 bits per heavy atom. The third kappa shape index (κ3) is 2.76. The Kier molecular flexibility index (Phi) is 4.11. The van der Waals surface area contributed by atoms with Crippen molar-refractivity contribution in [3.05, 3.63) is 26.8 Å². The van der Waals surface area contributed by atoms with E-state index in [-0.39, 0.29) is 28.6 Å². The molecular weight excluding hydrogens is 248 g/mol. The monoisotopic (exact) mass is 260 g/mol. The first-order valence-electron chi connectivity index (χ1n) is 4.74. The van der Waals surface area contributed by atoms with E-state index in [9.17, 15) is 10.1 Å². The van der Waals surface area contributed by atoms with Gasteiger partial charge in [0.15, 0.2) is 0 Å². The molecule has 0 aromatic heterocycles. The van der Waals surface area contributed by atoms with E-state index in [2.05, 4.69) is 5.32 Å². The third-order valence-electron chi connectivity index (χ3n) is 2.23. The minimum atomic E-state index is -0.755. The van der Waals surface area contributed by atoms with Crippen molar-refractivity contribution in [2.24, 2.45) is 5.73 Å². The van der Waals surface area contributed by atoms with E-state index in [1.165, 1.54) is 13.0 Å². The minimum Gasteiger partial charge on any atom is -0.393 e. The molecule has 1 unspecified atom stereocenters. The van der Waals surface area contributed by atoms with Crippen LogP contribution in [0.5, 0.6) is 0 Å². The first-order valence-corrected chi connectivity index (χ1v) is 5.12. The van der Waals surface area contributed by atoms with Crippen molar-refractivity contribution in [3.63, 3.8) is 0 Å². The van der Waals surface area contributed by atoms with Gasteiger partial charge in [-0.1, -0.05) is 11.6 Å². The molecule has 0 bridgehead atoms. The lowest BCUT2D eigenvalue weighted by Gasteiger charge is -2.16. The summed E-state index contributed by atoms with van der Waals surface area (Å²) in [4.78, 5) is 10.2. The molecule has 0 radical (unpaired) electrons. The van der Waals surface area contributed by atoms with Crippen molar-refractivity contribution in [2.75, 3.05) is 17.7 Å². The number of benzene rings is 1. The predicted octanol–water partition coefficient (Wildman–Crippen LogP) is 0.828. The average Bonchev–Trinajstić information content (AvgIpc) is 2.22. The van der Waals surface area contributed by atoms with E-state index in [4.69, 9.17) is 28.2 Å². The molecule has 0 amide bonds. The Morgan fingerprint density at radius 1 is 1.71 bits per heavy atom. The summed E-state index contributed by atoms with van der Waals surface area (Å²) >= 11 is 5.91. The number of nitrogens with zero attached hydrogens (tertiary/aromatic N) is 1. The summed E-state index contributed by atoms with van der Waals surface area (Å²) in [6.45, 7) is 1.18. The Labute approximate surface area is 103 Å². The maximum Gasteiger partial charge on any atom is 0.297 e. The highest BCUT2D eigenvalue weighted by Gasteiger charge is 2.22. The number of rotatable bonds is 4. The highest BCUT2D eigenvalue weighted by Crippen LogP contribution is 2.37. The van der Waals surface area contributed by atoms with Crippen LogP contribution < -0.4 is 16.8 Å². The van der Waals surface area contributed by atoms with Crippen LogP contribution in [0.2, 0.25) is 5.02 Å². The van der Waals surface area contributed by atoms with Gasteiger partial charge in [0.05, 0.1) is 34.0 Å². The van der Waals surface area contributed by atoms with Crippen LogP contribution in [0.4, 0.5) is 17.1 Å². The van der Waals surface area contributed by atoms with Gasteiger partial charge in [0, 0.05) is 0 Å². The standard InChI is InChI=1S/C9H13ClN4O3/c1-4-8(13-7(12)3-15)5(10)2-6(11)9(4)14(16)17/h2,7,13,15H,3,11-12H2,1H3. The molecule has 1 rings (SSSR count). The number of nitro groups is 1. The van der Waals surface area contributed by atoms with Crippen molar-refractivity contribution in [1.82, 2.24) is 0 Å². The highest BCUT2D eigenvalue weighted by molar-refractivity contribution is 6.34. The van der Waals surface area contributed by atoms with Crippen molar-refractivity contribution in [1.29, 1.82) is 0 Å². The molecule has 0 saturated carbocycles. The van der Waals surface area contributed by atoms with Gasteiger partial charge in [0.25, 0.3) is 5.69 Å². The zero-order chi connectivity index (χ0) is 13.2.